The van der Waals surface area contributed by atoms with Crippen molar-refractivity contribution in [3.8, 4) is 0 Å². The third-order valence-electron chi connectivity index (χ3n) is 4.65. The summed E-state index contributed by atoms with van der Waals surface area (Å²) in [6.07, 6.45) is 2.16. The number of aromatic nitrogens is 1. The lowest BCUT2D eigenvalue weighted by molar-refractivity contribution is -0.133. The molecule has 0 bridgehead atoms. The maximum atomic E-state index is 13.9. The van der Waals surface area contributed by atoms with Crippen LogP contribution >= 0.6 is 0 Å². The number of carbonyl (C=O) groups excluding carboxylic acids is 2. The fourth-order valence-corrected chi connectivity index (χ4v) is 3.30. The van der Waals surface area contributed by atoms with E-state index in [-0.39, 0.29) is 30.7 Å². The third-order valence-corrected chi connectivity index (χ3v) is 4.65. The fraction of sp³-hybridized carbons (Fsp3) is 0.444. The first-order valence-electron chi connectivity index (χ1n) is 8.33. The number of hydrogen-bond donors (Lipinski definition) is 2. The molecule has 2 N–H and O–H groups in total. The van der Waals surface area contributed by atoms with E-state index in [1.54, 1.807) is 4.90 Å². The molecule has 2 heterocycles. The molecule has 2 aromatic rings. The van der Waals surface area contributed by atoms with Gasteiger partial charge in [-0.15, -0.1) is 0 Å². The van der Waals surface area contributed by atoms with E-state index >= 15 is 0 Å². The Hall–Kier alpha value is -2.37. The molecule has 6 heteroatoms. The summed E-state index contributed by atoms with van der Waals surface area (Å²) in [7, 11) is 0. The van der Waals surface area contributed by atoms with Crippen molar-refractivity contribution in [2.45, 2.75) is 39.7 Å². The number of amides is 2. The summed E-state index contributed by atoms with van der Waals surface area (Å²) < 4.78 is 13.9. The molecule has 1 aliphatic heterocycles. The van der Waals surface area contributed by atoms with Crippen LogP contribution in [0, 0.1) is 12.7 Å². The smallest absolute Gasteiger partial charge is 0.239 e. The summed E-state index contributed by atoms with van der Waals surface area (Å²) in [5.41, 5.74) is 3.70. The average molecular weight is 331 g/mol. The molecule has 5 nitrogen and oxygen atoms in total. The number of benzene rings is 1. The Kier molecular flexibility index (Phi) is 4.55. The minimum absolute atomic E-state index is 0.0193. The van der Waals surface area contributed by atoms with Crippen molar-refractivity contribution in [3.63, 3.8) is 0 Å². The standard InChI is InChI=1S/C18H22FN3O2/c1-3-15-11(2)14-8-13(19)7-12(18(14)21-15)9-20-16(23)10-22-6-4-5-17(22)24/h7-8,21H,3-6,9-10H2,1-2H3,(H,20,23). The summed E-state index contributed by atoms with van der Waals surface area (Å²) in [6.45, 7) is 4.95. The van der Waals surface area contributed by atoms with E-state index in [1.165, 1.54) is 12.1 Å². The quantitative estimate of drug-likeness (QED) is 0.884. The van der Waals surface area contributed by atoms with Crippen LogP contribution < -0.4 is 5.32 Å². The molecule has 128 valence electrons. The molecular formula is C18H22FN3O2. The highest BCUT2D eigenvalue weighted by Gasteiger charge is 2.22. The topological polar surface area (TPSA) is 65.2 Å². The number of halogens is 1. The molecule has 0 radical (unpaired) electrons. The van der Waals surface area contributed by atoms with Gasteiger partial charge in [0.15, 0.2) is 0 Å². The number of likely N-dealkylation sites (tertiary alicyclic amines) is 1. The van der Waals surface area contributed by atoms with E-state index in [0.29, 0.717) is 18.5 Å². The Labute approximate surface area is 140 Å². The number of nitrogens with zero attached hydrogens (tertiary/aromatic N) is 1. The van der Waals surface area contributed by atoms with Crippen LogP contribution in [0.3, 0.4) is 0 Å². The van der Waals surface area contributed by atoms with Crippen LogP contribution in [0.2, 0.25) is 0 Å². The zero-order valence-electron chi connectivity index (χ0n) is 14.0. The van der Waals surface area contributed by atoms with Gasteiger partial charge in [0.25, 0.3) is 0 Å². The van der Waals surface area contributed by atoms with Gasteiger partial charge in [0.2, 0.25) is 11.8 Å². The van der Waals surface area contributed by atoms with Crippen LogP contribution in [-0.4, -0.2) is 34.8 Å². The van der Waals surface area contributed by atoms with Gasteiger partial charge in [-0.1, -0.05) is 6.92 Å². The molecule has 1 saturated heterocycles. The van der Waals surface area contributed by atoms with Gasteiger partial charge in [0.1, 0.15) is 5.82 Å². The van der Waals surface area contributed by atoms with E-state index in [0.717, 1.165) is 35.0 Å². The van der Waals surface area contributed by atoms with Gasteiger partial charge in [-0.25, -0.2) is 4.39 Å². The summed E-state index contributed by atoms with van der Waals surface area (Å²) in [5.74, 6) is -0.515. The van der Waals surface area contributed by atoms with Crippen molar-refractivity contribution in [3.05, 3.63) is 34.8 Å². The number of carbonyl (C=O) groups is 2. The Morgan fingerprint density at radius 1 is 1.42 bits per heavy atom. The van der Waals surface area contributed by atoms with Crippen molar-refractivity contribution < 1.29 is 14.0 Å². The SMILES string of the molecule is CCc1[nH]c2c(CNC(=O)CN3CCCC3=O)cc(F)cc2c1C. The van der Waals surface area contributed by atoms with Gasteiger partial charge >= 0.3 is 0 Å². The average Bonchev–Trinajstić information content (AvgIpc) is 3.09. The fourth-order valence-electron chi connectivity index (χ4n) is 3.30. The number of hydrogen-bond acceptors (Lipinski definition) is 2. The highest BCUT2D eigenvalue weighted by atomic mass is 19.1. The molecule has 0 atom stereocenters. The molecule has 24 heavy (non-hydrogen) atoms. The predicted octanol–water partition coefficient (Wildman–Crippen LogP) is 2.42. The summed E-state index contributed by atoms with van der Waals surface area (Å²) in [5, 5.41) is 3.65. The van der Waals surface area contributed by atoms with Gasteiger partial charge in [-0.2, -0.15) is 0 Å². The molecule has 1 aliphatic rings. The van der Waals surface area contributed by atoms with Crippen LogP contribution in [0.15, 0.2) is 12.1 Å². The Morgan fingerprint density at radius 3 is 2.88 bits per heavy atom. The zero-order valence-corrected chi connectivity index (χ0v) is 14.0. The van der Waals surface area contributed by atoms with Crippen molar-refractivity contribution in [2.24, 2.45) is 0 Å². The van der Waals surface area contributed by atoms with E-state index in [2.05, 4.69) is 10.3 Å². The van der Waals surface area contributed by atoms with Crippen molar-refractivity contribution in [1.29, 1.82) is 0 Å². The lowest BCUT2D eigenvalue weighted by Gasteiger charge is -2.15. The lowest BCUT2D eigenvalue weighted by atomic mass is 10.1. The van der Waals surface area contributed by atoms with Gasteiger partial charge in [-0.05, 0) is 43.0 Å². The van der Waals surface area contributed by atoms with E-state index in [1.807, 2.05) is 13.8 Å². The molecular weight excluding hydrogens is 309 g/mol. The van der Waals surface area contributed by atoms with Crippen molar-refractivity contribution in [1.82, 2.24) is 15.2 Å². The maximum Gasteiger partial charge on any atom is 0.239 e. The van der Waals surface area contributed by atoms with E-state index in [4.69, 9.17) is 0 Å². The molecule has 0 saturated carbocycles. The number of aromatic amines is 1. The molecule has 2 amide bonds. The highest BCUT2D eigenvalue weighted by Crippen LogP contribution is 2.26. The number of nitrogens with one attached hydrogen (secondary N) is 2. The van der Waals surface area contributed by atoms with Crippen LogP contribution in [0.1, 0.15) is 36.6 Å². The molecule has 0 unspecified atom stereocenters. The van der Waals surface area contributed by atoms with Gasteiger partial charge in [-0.3, -0.25) is 9.59 Å². The normalized spacial score (nSPS) is 14.6. The molecule has 1 aromatic carbocycles. The molecule has 0 aliphatic carbocycles. The van der Waals surface area contributed by atoms with Gasteiger partial charge < -0.3 is 15.2 Å². The molecule has 0 spiro atoms. The molecule has 3 rings (SSSR count). The maximum absolute atomic E-state index is 13.9. The summed E-state index contributed by atoms with van der Waals surface area (Å²) in [4.78, 5) is 28.5. The molecule has 1 fully saturated rings. The number of rotatable bonds is 5. The predicted molar refractivity (Wildman–Crippen MR) is 90.0 cm³/mol. The summed E-state index contributed by atoms with van der Waals surface area (Å²) in [6, 6.07) is 2.97. The summed E-state index contributed by atoms with van der Waals surface area (Å²) >= 11 is 0. The second-order valence-electron chi connectivity index (χ2n) is 6.27. The monoisotopic (exact) mass is 331 g/mol. The minimum Gasteiger partial charge on any atom is -0.358 e. The largest absolute Gasteiger partial charge is 0.358 e. The minimum atomic E-state index is -0.314. The third kappa shape index (κ3) is 3.13. The van der Waals surface area contributed by atoms with E-state index in [9.17, 15) is 14.0 Å². The Balaban J connectivity index is 1.75. The van der Waals surface area contributed by atoms with Crippen molar-refractivity contribution >= 4 is 22.7 Å². The van der Waals surface area contributed by atoms with Crippen LogP contribution in [0.25, 0.3) is 10.9 Å². The Bertz CT molecular complexity index is 797. The van der Waals surface area contributed by atoms with Crippen LogP contribution in [-0.2, 0) is 22.6 Å². The Morgan fingerprint density at radius 2 is 2.21 bits per heavy atom. The van der Waals surface area contributed by atoms with Crippen LogP contribution in [0.5, 0.6) is 0 Å². The van der Waals surface area contributed by atoms with Gasteiger partial charge in [0.05, 0.1) is 12.1 Å². The van der Waals surface area contributed by atoms with Crippen LogP contribution in [0.4, 0.5) is 4.39 Å². The second-order valence-corrected chi connectivity index (χ2v) is 6.27. The second kappa shape index (κ2) is 6.63. The van der Waals surface area contributed by atoms with Crippen molar-refractivity contribution in [2.75, 3.05) is 13.1 Å². The first kappa shape index (κ1) is 16.5. The van der Waals surface area contributed by atoms with E-state index < -0.39 is 0 Å². The first-order chi connectivity index (χ1) is 11.5. The van der Waals surface area contributed by atoms with Gasteiger partial charge in [0, 0.05) is 30.6 Å². The zero-order chi connectivity index (χ0) is 17.3. The number of H-pyrrole nitrogens is 1. The highest BCUT2D eigenvalue weighted by molar-refractivity contribution is 5.88. The first-order valence-corrected chi connectivity index (χ1v) is 8.33. The molecule has 1 aromatic heterocycles. The lowest BCUT2D eigenvalue weighted by Crippen LogP contribution is -2.37. The number of fused-ring (bicyclic) bond motifs is 1. The number of aryl methyl sites for hydroxylation is 2.